The van der Waals surface area contributed by atoms with E-state index in [2.05, 4.69) is 26.6 Å². The van der Waals surface area contributed by atoms with E-state index in [4.69, 9.17) is 10.00 Å². The molecule has 124 valence electrons. The van der Waals surface area contributed by atoms with Crippen molar-refractivity contribution in [2.24, 2.45) is 0 Å². The summed E-state index contributed by atoms with van der Waals surface area (Å²) in [6, 6.07) is 11.4. The molecule has 2 aromatic heterocycles. The minimum Gasteiger partial charge on any atom is -0.376 e. The Morgan fingerprint density at radius 2 is 2.04 bits per heavy atom. The largest absolute Gasteiger partial charge is 0.376 e. The van der Waals surface area contributed by atoms with E-state index in [9.17, 15) is 0 Å². The number of fused-ring (bicyclic) bond motifs is 1. The quantitative estimate of drug-likeness (QED) is 0.790. The van der Waals surface area contributed by atoms with Gasteiger partial charge in [-0.1, -0.05) is 12.1 Å². The van der Waals surface area contributed by atoms with E-state index >= 15 is 0 Å². The van der Waals surface area contributed by atoms with Crippen LogP contribution in [0.1, 0.15) is 18.4 Å². The zero-order valence-electron chi connectivity index (χ0n) is 13.6. The zero-order valence-corrected chi connectivity index (χ0v) is 13.6. The summed E-state index contributed by atoms with van der Waals surface area (Å²) in [4.78, 5) is 4.23. The monoisotopic (exact) mass is 331 g/mol. The number of benzene rings is 1. The van der Waals surface area contributed by atoms with Crippen molar-refractivity contribution in [3.8, 4) is 17.3 Å². The first-order valence-corrected chi connectivity index (χ1v) is 8.31. The third-order valence-electron chi connectivity index (χ3n) is 4.39. The van der Waals surface area contributed by atoms with Crippen LogP contribution in [0, 0.1) is 11.3 Å². The topological polar surface area (TPSA) is 83.7 Å². The lowest BCUT2D eigenvalue weighted by atomic mass is 10.0. The molecule has 1 unspecified atom stereocenters. The van der Waals surface area contributed by atoms with Gasteiger partial charge in [0.05, 0.1) is 17.7 Å². The number of ether oxygens (including phenoxy) is 1. The molecule has 1 saturated heterocycles. The van der Waals surface area contributed by atoms with Gasteiger partial charge in [0.2, 0.25) is 0 Å². The summed E-state index contributed by atoms with van der Waals surface area (Å²) >= 11 is 0. The van der Waals surface area contributed by atoms with Crippen molar-refractivity contribution in [1.29, 1.82) is 5.26 Å². The van der Waals surface area contributed by atoms with Crippen LogP contribution in [0.25, 0.3) is 22.0 Å². The molecule has 1 N–H and O–H groups in total. The number of anilines is 1. The second kappa shape index (κ2) is 6.83. The van der Waals surface area contributed by atoms with Gasteiger partial charge in [-0.3, -0.25) is 4.98 Å². The molecule has 0 bridgehead atoms. The normalized spacial score (nSPS) is 16.7. The number of aromatic nitrogens is 3. The molecule has 1 aliphatic rings. The Labute approximate surface area is 145 Å². The van der Waals surface area contributed by atoms with Gasteiger partial charge >= 0.3 is 0 Å². The van der Waals surface area contributed by atoms with Gasteiger partial charge in [-0.05, 0) is 31.0 Å². The SMILES string of the molecule is N#Cc1ccc(-c2nnc(NCC3CCCO3)c3cnccc23)cc1. The summed E-state index contributed by atoms with van der Waals surface area (Å²) in [6.07, 6.45) is 5.96. The molecule has 0 aliphatic carbocycles. The fourth-order valence-corrected chi connectivity index (χ4v) is 3.06. The Bertz CT molecular complexity index is 927. The Balaban J connectivity index is 1.69. The Morgan fingerprint density at radius 3 is 2.80 bits per heavy atom. The number of rotatable bonds is 4. The van der Waals surface area contributed by atoms with Gasteiger partial charge in [0.1, 0.15) is 5.69 Å². The van der Waals surface area contributed by atoms with Crippen molar-refractivity contribution >= 4 is 16.6 Å². The van der Waals surface area contributed by atoms with Gasteiger partial charge in [-0.25, -0.2) is 0 Å². The predicted octanol–water partition coefficient (Wildman–Crippen LogP) is 3.15. The smallest absolute Gasteiger partial charge is 0.158 e. The fraction of sp³-hybridized carbons (Fsp3) is 0.263. The van der Waals surface area contributed by atoms with Crippen LogP contribution in [0.4, 0.5) is 5.82 Å². The molecule has 3 aromatic rings. The molecule has 1 fully saturated rings. The maximum atomic E-state index is 8.95. The van der Waals surface area contributed by atoms with Gasteiger partial charge in [-0.2, -0.15) is 5.26 Å². The molecule has 4 rings (SSSR count). The van der Waals surface area contributed by atoms with Gasteiger partial charge in [0, 0.05) is 41.9 Å². The van der Waals surface area contributed by atoms with E-state index in [0.717, 1.165) is 53.8 Å². The molecule has 0 amide bonds. The minimum absolute atomic E-state index is 0.228. The van der Waals surface area contributed by atoms with Crippen LogP contribution < -0.4 is 5.32 Å². The van der Waals surface area contributed by atoms with Gasteiger partial charge in [0.25, 0.3) is 0 Å². The molecule has 0 spiro atoms. The number of pyridine rings is 1. The second-order valence-corrected chi connectivity index (χ2v) is 6.02. The van der Waals surface area contributed by atoms with E-state index in [1.165, 1.54) is 0 Å². The van der Waals surface area contributed by atoms with Gasteiger partial charge < -0.3 is 10.1 Å². The Morgan fingerprint density at radius 1 is 1.16 bits per heavy atom. The first kappa shape index (κ1) is 15.5. The highest BCUT2D eigenvalue weighted by Gasteiger charge is 2.17. The first-order chi connectivity index (χ1) is 12.3. The second-order valence-electron chi connectivity index (χ2n) is 6.02. The molecule has 0 radical (unpaired) electrons. The van der Waals surface area contributed by atoms with Crippen molar-refractivity contribution in [3.63, 3.8) is 0 Å². The van der Waals surface area contributed by atoms with Crippen molar-refractivity contribution in [2.75, 3.05) is 18.5 Å². The van der Waals surface area contributed by atoms with Crippen molar-refractivity contribution < 1.29 is 4.74 Å². The standard InChI is InChI=1S/C19H17N5O/c20-10-13-3-5-14(6-4-13)18-16-7-8-21-12-17(16)19(24-23-18)22-11-15-2-1-9-25-15/h3-8,12,15H,1-2,9,11H2,(H,22,24). The molecule has 25 heavy (non-hydrogen) atoms. The number of nitrogens with one attached hydrogen (secondary N) is 1. The van der Waals surface area contributed by atoms with Crippen molar-refractivity contribution in [1.82, 2.24) is 15.2 Å². The highest BCUT2D eigenvalue weighted by Crippen LogP contribution is 2.29. The van der Waals surface area contributed by atoms with Crippen LogP contribution in [0.15, 0.2) is 42.7 Å². The maximum absolute atomic E-state index is 8.95. The van der Waals surface area contributed by atoms with E-state index in [1.807, 2.05) is 18.2 Å². The number of nitriles is 1. The van der Waals surface area contributed by atoms with E-state index in [0.29, 0.717) is 5.56 Å². The molecule has 6 nitrogen and oxygen atoms in total. The van der Waals surface area contributed by atoms with Crippen LogP contribution in [-0.2, 0) is 4.74 Å². The van der Waals surface area contributed by atoms with E-state index in [1.54, 1.807) is 24.5 Å². The van der Waals surface area contributed by atoms with Crippen LogP contribution in [-0.4, -0.2) is 34.4 Å². The van der Waals surface area contributed by atoms with E-state index in [-0.39, 0.29) is 6.10 Å². The maximum Gasteiger partial charge on any atom is 0.158 e. The average molecular weight is 331 g/mol. The highest BCUT2D eigenvalue weighted by atomic mass is 16.5. The van der Waals surface area contributed by atoms with Gasteiger partial charge in [0.15, 0.2) is 5.82 Å². The average Bonchev–Trinajstić information content (AvgIpc) is 3.20. The lowest BCUT2D eigenvalue weighted by Crippen LogP contribution is -2.19. The molecule has 0 saturated carbocycles. The summed E-state index contributed by atoms with van der Waals surface area (Å²) < 4.78 is 5.65. The molecule has 1 atom stereocenters. The third-order valence-corrected chi connectivity index (χ3v) is 4.39. The first-order valence-electron chi connectivity index (χ1n) is 8.31. The highest BCUT2D eigenvalue weighted by molar-refractivity contribution is 5.99. The fourth-order valence-electron chi connectivity index (χ4n) is 3.06. The summed E-state index contributed by atoms with van der Waals surface area (Å²) in [5.41, 5.74) is 2.33. The number of nitrogens with zero attached hydrogens (tertiary/aromatic N) is 4. The molecule has 6 heteroatoms. The molecular weight excluding hydrogens is 314 g/mol. The van der Waals surface area contributed by atoms with Crippen LogP contribution in [0.5, 0.6) is 0 Å². The molecule has 1 aliphatic heterocycles. The zero-order chi connectivity index (χ0) is 17.1. The van der Waals surface area contributed by atoms with Crippen molar-refractivity contribution in [2.45, 2.75) is 18.9 Å². The van der Waals surface area contributed by atoms with Crippen LogP contribution in [0.2, 0.25) is 0 Å². The van der Waals surface area contributed by atoms with Crippen LogP contribution in [0.3, 0.4) is 0 Å². The molecule has 1 aromatic carbocycles. The summed E-state index contributed by atoms with van der Waals surface area (Å²) in [5, 5.41) is 23.0. The van der Waals surface area contributed by atoms with Crippen LogP contribution >= 0.6 is 0 Å². The predicted molar refractivity (Wildman–Crippen MR) is 94.9 cm³/mol. The lowest BCUT2D eigenvalue weighted by Gasteiger charge is -2.13. The van der Waals surface area contributed by atoms with Crippen molar-refractivity contribution in [3.05, 3.63) is 48.3 Å². The summed E-state index contributed by atoms with van der Waals surface area (Å²) in [7, 11) is 0. The Kier molecular flexibility index (Phi) is 4.23. The summed E-state index contributed by atoms with van der Waals surface area (Å²) in [6.45, 7) is 1.55. The number of hydrogen-bond acceptors (Lipinski definition) is 6. The Hall–Kier alpha value is -3.04. The summed E-state index contributed by atoms with van der Waals surface area (Å²) in [5.74, 6) is 0.719. The lowest BCUT2D eigenvalue weighted by molar-refractivity contribution is 0.120. The minimum atomic E-state index is 0.228. The number of hydrogen-bond donors (Lipinski definition) is 1. The molecule has 3 heterocycles. The van der Waals surface area contributed by atoms with E-state index < -0.39 is 0 Å². The van der Waals surface area contributed by atoms with Gasteiger partial charge in [-0.15, -0.1) is 10.2 Å². The third kappa shape index (κ3) is 3.14. The molecular formula is C19H17N5O.